The first-order chi connectivity index (χ1) is 5.38. The zero-order valence-corrected chi connectivity index (χ0v) is 7.49. The van der Waals surface area contributed by atoms with E-state index in [1.54, 1.807) is 6.08 Å². The second kappa shape index (κ2) is 2.47. The third-order valence-electron chi connectivity index (χ3n) is 1.89. The summed E-state index contributed by atoms with van der Waals surface area (Å²) in [5, 5.41) is 1.28. The van der Waals surface area contributed by atoms with Crippen molar-refractivity contribution >= 4 is 20.5 Å². The van der Waals surface area contributed by atoms with E-state index >= 15 is 0 Å². The van der Waals surface area contributed by atoms with E-state index in [0.717, 1.165) is 5.56 Å². The van der Waals surface area contributed by atoms with E-state index in [-0.39, 0.29) is 15.3 Å². The van der Waals surface area contributed by atoms with Crippen LogP contribution in [0.15, 0.2) is 36.0 Å². The van der Waals surface area contributed by atoms with E-state index in [1.807, 2.05) is 23.9 Å². The van der Waals surface area contributed by atoms with Gasteiger partial charge in [-0.2, -0.15) is 0 Å². The predicted octanol–water partition coefficient (Wildman–Crippen LogP) is 0.191. The van der Waals surface area contributed by atoms with Crippen LogP contribution in [-0.4, -0.2) is 15.3 Å². The normalized spacial score (nSPS) is 16.9. The zero-order valence-electron chi connectivity index (χ0n) is 6.08. The van der Waals surface area contributed by atoms with Crippen molar-refractivity contribution in [3.05, 3.63) is 41.6 Å². The topological polar surface area (TPSA) is 17.1 Å². The van der Waals surface area contributed by atoms with Crippen molar-refractivity contribution in [3.63, 3.8) is 0 Å². The molecule has 0 amide bonds. The second-order valence-corrected chi connectivity index (χ2v) is 4.27. The van der Waals surface area contributed by atoms with Gasteiger partial charge in [-0.1, -0.05) is 35.2 Å². The minimum atomic E-state index is -0.276. The van der Waals surface area contributed by atoms with Crippen LogP contribution in [0.5, 0.6) is 0 Å². The van der Waals surface area contributed by atoms with E-state index in [0.29, 0.717) is 0 Å². The Hall–Kier alpha value is -1.15. The largest absolute Gasteiger partial charge is 0.289 e. The van der Waals surface area contributed by atoms with Gasteiger partial charge in [-0.15, -0.1) is 0 Å². The number of carbonyl (C=O) groups is 1. The van der Waals surface area contributed by atoms with Gasteiger partial charge in [0.1, 0.15) is 0 Å². The quantitative estimate of drug-likeness (QED) is 0.495. The Morgan fingerprint density at radius 2 is 2.00 bits per heavy atom. The van der Waals surface area contributed by atoms with Crippen molar-refractivity contribution in [2.75, 3.05) is 0 Å². The van der Waals surface area contributed by atoms with Crippen molar-refractivity contribution in [2.24, 2.45) is 0 Å². The molecule has 1 nitrogen and oxygen atoms in total. The fourth-order valence-electron chi connectivity index (χ4n) is 1.32. The lowest BCUT2D eigenvalue weighted by molar-refractivity contribution is 0.104. The molecule has 0 atom stereocenters. The van der Waals surface area contributed by atoms with Gasteiger partial charge in [-0.05, 0) is 6.08 Å². The summed E-state index contributed by atoms with van der Waals surface area (Å²) >= 11 is 0. The molecule has 0 spiro atoms. The maximum atomic E-state index is 11.2. The Morgan fingerprint density at radius 1 is 1.18 bits per heavy atom. The monoisotopic (exact) mass is 160 g/mol. The van der Waals surface area contributed by atoms with Gasteiger partial charge in [-0.3, -0.25) is 4.79 Å². The average molecular weight is 160 g/mol. The molecule has 0 saturated heterocycles. The Morgan fingerprint density at radius 3 is 2.82 bits per heavy atom. The van der Waals surface area contributed by atoms with Gasteiger partial charge in [0.15, 0.2) is 5.78 Å². The van der Waals surface area contributed by atoms with E-state index in [1.165, 1.54) is 5.19 Å². The summed E-state index contributed by atoms with van der Waals surface area (Å²) < 4.78 is 0. The summed E-state index contributed by atoms with van der Waals surface area (Å²) in [6.45, 7) is 0. The molecule has 1 heterocycles. The number of ketones is 1. The minimum Gasteiger partial charge on any atom is -0.289 e. The standard InChI is InChI=1S/C9H8OSi/c10-8-5-6-11-9-4-2-1-3-7(8)9/h1-6H,11H2. The molecule has 1 aromatic rings. The van der Waals surface area contributed by atoms with Crippen LogP contribution in [-0.2, 0) is 0 Å². The van der Waals surface area contributed by atoms with Crippen LogP contribution in [0.1, 0.15) is 10.4 Å². The number of rotatable bonds is 0. The highest BCUT2D eigenvalue weighted by atomic mass is 28.2. The molecule has 54 valence electrons. The second-order valence-electron chi connectivity index (χ2n) is 2.63. The van der Waals surface area contributed by atoms with Crippen LogP contribution in [0.2, 0.25) is 0 Å². The highest BCUT2D eigenvalue weighted by Crippen LogP contribution is 2.02. The fourth-order valence-corrected chi connectivity index (χ4v) is 2.69. The number of allylic oxidation sites excluding steroid dienone is 1. The zero-order chi connectivity index (χ0) is 7.68. The first-order valence-electron chi connectivity index (χ1n) is 3.67. The molecule has 0 unspecified atom stereocenters. The maximum absolute atomic E-state index is 11.2. The predicted molar refractivity (Wildman–Crippen MR) is 48.1 cm³/mol. The Kier molecular flexibility index (Phi) is 1.47. The van der Waals surface area contributed by atoms with Crippen molar-refractivity contribution < 1.29 is 4.79 Å². The third-order valence-corrected chi connectivity index (χ3v) is 3.42. The molecule has 1 aliphatic rings. The molecule has 0 aromatic heterocycles. The number of benzene rings is 1. The van der Waals surface area contributed by atoms with Gasteiger partial charge in [0, 0.05) is 5.56 Å². The third kappa shape index (κ3) is 1.05. The molecule has 11 heavy (non-hydrogen) atoms. The van der Waals surface area contributed by atoms with E-state index < -0.39 is 0 Å². The van der Waals surface area contributed by atoms with Crippen molar-refractivity contribution in [3.8, 4) is 0 Å². The molecule has 1 aliphatic heterocycles. The summed E-state index contributed by atoms with van der Waals surface area (Å²) in [5.41, 5.74) is 2.96. The van der Waals surface area contributed by atoms with Crippen LogP contribution >= 0.6 is 0 Å². The highest BCUT2D eigenvalue weighted by Gasteiger charge is 2.10. The lowest BCUT2D eigenvalue weighted by atomic mass is 10.1. The fraction of sp³-hybridized carbons (Fsp3) is 0. The smallest absolute Gasteiger partial charge is 0.184 e. The summed E-state index contributed by atoms with van der Waals surface area (Å²) in [4.78, 5) is 11.2. The Bertz CT molecular complexity index is 328. The van der Waals surface area contributed by atoms with Gasteiger partial charge < -0.3 is 0 Å². The summed E-state index contributed by atoms with van der Waals surface area (Å²) in [6, 6.07) is 7.89. The van der Waals surface area contributed by atoms with Gasteiger partial charge >= 0.3 is 0 Å². The number of hydrogen-bond acceptors (Lipinski definition) is 1. The van der Waals surface area contributed by atoms with Crippen LogP contribution in [0, 0.1) is 0 Å². The van der Waals surface area contributed by atoms with Crippen molar-refractivity contribution in [2.45, 2.75) is 0 Å². The highest BCUT2D eigenvalue weighted by molar-refractivity contribution is 6.62. The van der Waals surface area contributed by atoms with Crippen LogP contribution in [0.4, 0.5) is 0 Å². The molecule has 1 aromatic carbocycles. The summed E-state index contributed by atoms with van der Waals surface area (Å²) in [5.74, 6) is 0.166. The first-order valence-corrected chi connectivity index (χ1v) is 5.19. The minimum absolute atomic E-state index is 0.166. The van der Waals surface area contributed by atoms with Gasteiger partial charge in [0.25, 0.3) is 0 Å². The van der Waals surface area contributed by atoms with Crippen LogP contribution in [0.25, 0.3) is 0 Å². The number of fused-ring (bicyclic) bond motifs is 1. The molecule has 0 fully saturated rings. The van der Waals surface area contributed by atoms with E-state index in [2.05, 4.69) is 6.07 Å². The number of carbonyl (C=O) groups excluding carboxylic acids is 1. The van der Waals surface area contributed by atoms with E-state index in [4.69, 9.17) is 0 Å². The lowest BCUT2D eigenvalue weighted by Gasteiger charge is -2.07. The Labute approximate surface area is 67.6 Å². The molecule has 2 heteroatoms. The molecule has 0 bridgehead atoms. The van der Waals surface area contributed by atoms with Crippen molar-refractivity contribution in [1.82, 2.24) is 0 Å². The van der Waals surface area contributed by atoms with Gasteiger partial charge in [0.05, 0.1) is 9.52 Å². The van der Waals surface area contributed by atoms with E-state index in [9.17, 15) is 4.79 Å². The molecular weight excluding hydrogens is 152 g/mol. The Balaban J connectivity index is 2.59. The lowest BCUT2D eigenvalue weighted by Crippen LogP contribution is -2.24. The molecule has 0 radical (unpaired) electrons. The van der Waals surface area contributed by atoms with Gasteiger partial charge in [-0.25, -0.2) is 0 Å². The molecule has 0 aliphatic carbocycles. The average Bonchev–Trinajstić information content (AvgIpc) is 2.06. The molecule has 0 N–H and O–H groups in total. The SMILES string of the molecule is O=C1C=C[SiH2]c2ccccc21. The number of hydrogen-bond donors (Lipinski definition) is 0. The van der Waals surface area contributed by atoms with Gasteiger partial charge in [0.2, 0.25) is 0 Å². The summed E-state index contributed by atoms with van der Waals surface area (Å²) in [7, 11) is -0.276. The van der Waals surface area contributed by atoms with Crippen molar-refractivity contribution in [1.29, 1.82) is 0 Å². The van der Waals surface area contributed by atoms with Crippen LogP contribution < -0.4 is 5.19 Å². The molecule has 2 rings (SSSR count). The molecule has 0 saturated carbocycles. The van der Waals surface area contributed by atoms with Crippen LogP contribution in [0.3, 0.4) is 0 Å². The maximum Gasteiger partial charge on any atom is 0.184 e. The first kappa shape index (κ1) is 6.55. The summed E-state index contributed by atoms with van der Waals surface area (Å²) in [6.07, 6.45) is 1.70. The molecular formula is C9H8OSi.